The molecule has 0 spiro atoms. The third-order valence-electron chi connectivity index (χ3n) is 16.2. The maximum atomic E-state index is 15.8. The molecule has 364 valence electrons. The summed E-state index contributed by atoms with van der Waals surface area (Å²) in [7, 11) is -2.96. The topological polar surface area (TPSA) is 201 Å². The first kappa shape index (κ1) is 50.4. The van der Waals surface area contributed by atoms with Crippen LogP contribution < -0.4 is 5.32 Å². The van der Waals surface area contributed by atoms with E-state index in [0.717, 1.165) is 6.92 Å². The van der Waals surface area contributed by atoms with Crippen LogP contribution in [0.3, 0.4) is 0 Å². The molecule has 11 atom stereocenters. The number of carbonyl (C=O) groups excluding carboxylic acids is 6. The van der Waals surface area contributed by atoms with Gasteiger partial charge >= 0.3 is 23.9 Å². The lowest BCUT2D eigenvalue weighted by Gasteiger charge is -2.67. The Hall–Kier alpha value is -5.48. The molecule has 3 fully saturated rings. The molecule has 14 nitrogen and oxygen atoms in total. The Morgan fingerprint density at radius 3 is 1.90 bits per heavy atom. The average molecular weight is 952 g/mol. The molecule has 2 bridgehead atoms. The van der Waals surface area contributed by atoms with Crippen molar-refractivity contribution in [3.63, 3.8) is 0 Å². The van der Waals surface area contributed by atoms with Crippen LogP contribution in [-0.4, -0.2) is 102 Å². The minimum Gasteiger partial charge on any atom is -0.458 e. The molecule has 68 heavy (non-hydrogen) atoms. The fourth-order valence-electron chi connectivity index (χ4n) is 11.4. The fourth-order valence-corrected chi connectivity index (χ4v) is 14.1. The molecule has 0 aromatic heterocycles. The van der Waals surface area contributed by atoms with Crippen molar-refractivity contribution in [3.8, 4) is 0 Å². The molecule has 7 rings (SSSR count). The Labute approximate surface area is 399 Å². The van der Waals surface area contributed by atoms with Gasteiger partial charge in [0.1, 0.15) is 23.9 Å². The van der Waals surface area contributed by atoms with E-state index in [-0.39, 0.29) is 24.2 Å². The van der Waals surface area contributed by atoms with E-state index in [4.69, 9.17) is 23.7 Å². The van der Waals surface area contributed by atoms with Gasteiger partial charge in [-0.15, -0.1) is 0 Å². The van der Waals surface area contributed by atoms with Crippen LogP contribution in [-0.2, 0) is 42.9 Å². The maximum Gasteiger partial charge on any atom is 0.338 e. The van der Waals surface area contributed by atoms with Gasteiger partial charge in [-0.25, -0.2) is 4.79 Å². The first-order chi connectivity index (χ1) is 31.7. The van der Waals surface area contributed by atoms with Crippen LogP contribution in [0, 0.1) is 16.7 Å². The molecule has 4 aliphatic rings. The second-order valence-electron chi connectivity index (χ2n) is 21.4. The number of Topliss-reactive ketones (excluding diaryl/α,β-unsaturated/α-hetero) is 1. The monoisotopic (exact) mass is 951 g/mol. The summed E-state index contributed by atoms with van der Waals surface area (Å²) in [5, 5.41) is 29.0. The molecular weight excluding hydrogens is 887 g/mol. The van der Waals surface area contributed by atoms with Crippen molar-refractivity contribution in [1.82, 2.24) is 5.32 Å². The van der Waals surface area contributed by atoms with Crippen LogP contribution in [0.5, 0.6) is 0 Å². The van der Waals surface area contributed by atoms with Gasteiger partial charge in [0, 0.05) is 37.7 Å². The first-order valence-electron chi connectivity index (χ1n) is 23.3. The number of benzene rings is 3. The SMILES string of the molecule is CC(=O)O[C@H]1C(=O)[C@@]2(C)[C@H]([C@H](OC(=O)c3ccccc3)[C@]3(O)C[C@H](OC(=O)[C@@H]([C@@H](NC(=O)c4ccccc4)c4ccccc4)[Si](C)(C)C(C)(C)C)C(C)=C1C3(C)C)[C@]1(OC(C)=O)CO[C@@H]1C[C@@H]2O. The molecule has 15 heteroatoms. The molecule has 3 aliphatic carbocycles. The van der Waals surface area contributed by atoms with Crippen molar-refractivity contribution in [1.29, 1.82) is 0 Å². The highest BCUT2D eigenvalue weighted by atomic mass is 28.3. The fraction of sp³-hybridized carbons (Fsp3) is 0.509. The largest absolute Gasteiger partial charge is 0.458 e. The number of aliphatic hydroxyl groups excluding tert-OH is 1. The van der Waals surface area contributed by atoms with Gasteiger partial charge in [0.15, 0.2) is 17.5 Å². The van der Waals surface area contributed by atoms with Crippen LogP contribution in [0.2, 0.25) is 23.7 Å². The number of fused-ring (bicyclic) bond motifs is 5. The predicted octanol–water partition coefficient (Wildman–Crippen LogP) is 7.25. The molecule has 1 saturated heterocycles. The van der Waals surface area contributed by atoms with Crippen LogP contribution in [0.15, 0.2) is 102 Å². The predicted molar refractivity (Wildman–Crippen MR) is 253 cm³/mol. The Kier molecular flexibility index (Phi) is 13.4. The summed E-state index contributed by atoms with van der Waals surface area (Å²) in [5.41, 5.74) is -7.17. The normalized spacial score (nSPS) is 30.6. The van der Waals surface area contributed by atoms with Crippen molar-refractivity contribution in [3.05, 3.63) is 119 Å². The number of ether oxygens (including phenoxy) is 5. The summed E-state index contributed by atoms with van der Waals surface area (Å²) in [6.45, 7) is 18.7. The molecule has 1 amide bonds. The van der Waals surface area contributed by atoms with Crippen LogP contribution in [0.25, 0.3) is 0 Å². The number of esters is 4. The number of hydrogen-bond donors (Lipinski definition) is 3. The number of rotatable bonds is 11. The zero-order valence-electron chi connectivity index (χ0n) is 40.8. The second kappa shape index (κ2) is 18.1. The Morgan fingerprint density at radius 2 is 1.38 bits per heavy atom. The van der Waals surface area contributed by atoms with E-state index < -0.39 is 125 Å². The van der Waals surface area contributed by atoms with Crippen molar-refractivity contribution < 1.29 is 62.7 Å². The van der Waals surface area contributed by atoms with Gasteiger partial charge in [-0.05, 0) is 59.9 Å². The standard InChI is InChI=1S/C53H65NO13Si/c1-30-36(65-48(61)42(68(10,11)49(4,5)6)40(33-21-15-12-16-22-33)54-46(59)34-23-17-13-18-24-34)28-53(62)45(66-47(60)35-25-19-14-20-26-35)43-51(9,37(57)27-38-52(43,29-63-38)67-32(3)56)44(58)41(64-31(2)55)39(30)50(53,7)8/h12-26,36-38,40-43,45,57,62H,27-29H2,1-11H3,(H,54,59)/t36-,37-,38+,40-,41+,42+,43-,45-,51+,52-,53+/m0/s1. The third-order valence-corrected chi connectivity index (χ3v) is 22.2. The van der Waals surface area contributed by atoms with Gasteiger partial charge in [-0.1, -0.05) is 114 Å². The zero-order chi connectivity index (χ0) is 49.9. The van der Waals surface area contributed by atoms with Gasteiger partial charge in [-0.3, -0.25) is 24.0 Å². The lowest BCUT2D eigenvalue weighted by atomic mass is 9.44. The van der Waals surface area contributed by atoms with E-state index in [1.807, 2.05) is 51.1 Å². The molecule has 1 heterocycles. The van der Waals surface area contributed by atoms with Gasteiger partial charge in [-0.2, -0.15) is 0 Å². The van der Waals surface area contributed by atoms with Gasteiger partial charge in [0.05, 0.1) is 49.3 Å². The van der Waals surface area contributed by atoms with Crippen molar-refractivity contribution in [2.45, 2.75) is 147 Å². The Balaban J connectivity index is 1.46. The zero-order valence-corrected chi connectivity index (χ0v) is 41.8. The number of hydrogen-bond acceptors (Lipinski definition) is 13. The van der Waals surface area contributed by atoms with Gasteiger partial charge in [0.25, 0.3) is 5.91 Å². The van der Waals surface area contributed by atoms with Crippen LogP contribution in [0.4, 0.5) is 0 Å². The summed E-state index contributed by atoms with van der Waals surface area (Å²) in [6.07, 6.45) is -8.06. The summed E-state index contributed by atoms with van der Waals surface area (Å²) in [6, 6.07) is 25.0. The molecule has 0 radical (unpaired) electrons. The third kappa shape index (κ3) is 8.32. The Morgan fingerprint density at radius 1 is 0.824 bits per heavy atom. The highest BCUT2D eigenvalue weighted by Crippen LogP contribution is 2.65. The number of nitrogens with one attached hydrogen (secondary N) is 1. The maximum absolute atomic E-state index is 15.8. The Bertz CT molecular complexity index is 2490. The van der Waals surface area contributed by atoms with E-state index in [2.05, 4.69) is 18.4 Å². The summed E-state index contributed by atoms with van der Waals surface area (Å²) in [4.78, 5) is 86.5. The molecular formula is C53H65NO13Si. The molecule has 0 unspecified atom stereocenters. The molecule has 2 saturated carbocycles. The average Bonchev–Trinajstić information content (AvgIpc) is 3.27. The molecule has 1 aliphatic heterocycles. The summed E-state index contributed by atoms with van der Waals surface area (Å²) < 4.78 is 31.4. The molecule has 3 N–H and O–H groups in total. The van der Waals surface area contributed by atoms with Crippen molar-refractivity contribution in [2.75, 3.05) is 6.61 Å². The molecule has 3 aromatic rings. The van der Waals surface area contributed by atoms with E-state index >= 15 is 9.59 Å². The van der Waals surface area contributed by atoms with Crippen LogP contribution in [0.1, 0.15) is 107 Å². The van der Waals surface area contributed by atoms with Crippen molar-refractivity contribution >= 4 is 43.6 Å². The number of ketones is 1. The summed E-state index contributed by atoms with van der Waals surface area (Å²) in [5.74, 6) is -5.91. The quantitative estimate of drug-likeness (QED) is 0.0752. The smallest absolute Gasteiger partial charge is 0.338 e. The lowest BCUT2D eigenvalue weighted by Crippen LogP contribution is -2.82. The highest BCUT2D eigenvalue weighted by molar-refractivity contribution is 6.84. The molecule has 3 aromatic carbocycles. The highest BCUT2D eigenvalue weighted by Gasteiger charge is 2.78. The van der Waals surface area contributed by atoms with Crippen LogP contribution >= 0.6 is 0 Å². The number of amides is 1. The second-order valence-corrected chi connectivity index (χ2v) is 26.9. The van der Waals surface area contributed by atoms with E-state index in [9.17, 15) is 29.4 Å². The van der Waals surface area contributed by atoms with E-state index in [0.29, 0.717) is 16.7 Å². The number of aliphatic hydroxyl groups is 2. The van der Waals surface area contributed by atoms with Gasteiger partial charge < -0.3 is 39.2 Å². The van der Waals surface area contributed by atoms with E-state index in [1.165, 1.54) is 26.0 Å². The summed E-state index contributed by atoms with van der Waals surface area (Å²) >= 11 is 0. The minimum absolute atomic E-state index is 0.0891. The van der Waals surface area contributed by atoms with Gasteiger partial charge in [0.2, 0.25) is 0 Å². The van der Waals surface area contributed by atoms with Crippen molar-refractivity contribution in [2.24, 2.45) is 16.7 Å². The van der Waals surface area contributed by atoms with E-state index in [1.54, 1.807) is 69.3 Å². The first-order valence-corrected chi connectivity index (χ1v) is 26.3. The lowest BCUT2D eigenvalue weighted by molar-refractivity contribution is -0.346. The minimum atomic E-state index is -2.96. The number of carbonyl (C=O) groups is 6.